The number of carbonyl (C=O) groups is 3. The molecule has 2 N–H and O–H groups in total. The molecule has 1 aliphatic heterocycles. The molecular weight excluding hydrogens is 464 g/mol. The standard InChI is InChI=1S/C23H25ClN4O6/c1-14(2)20(25-21(30)16-8-7-15(28(33)34)13-18(16)24)23(32)27-11-9-26(10-12-27)22(31)17-5-3-4-6-19(17)29/h3-8,13-14,20,29H,9-12H2,1-2H3,(H,25,30). The zero-order valence-corrected chi connectivity index (χ0v) is 19.5. The molecule has 1 heterocycles. The van der Waals surface area contributed by atoms with Gasteiger partial charge >= 0.3 is 0 Å². The molecule has 1 atom stereocenters. The molecule has 3 amide bonds. The number of nitrogens with one attached hydrogen (secondary N) is 1. The van der Waals surface area contributed by atoms with Crippen LogP contribution in [-0.2, 0) is 4.79 Å². The fourth-order valence-electron chi connectivity index (χ4n) is 3.69. The molecule has 1 unspecified atom stereocenters. The van der Waals surface area contributed by atoms with Gasteiger partial charge in [0.25, 0.3) is 17.5 Å². The number of carbonyl (C=O) groups excluding carboxylic acids is 3. The van der Waals surface area contributed by atoms with Gasteiger partial charge in [-0.05, 0) is 24.1 Å². The lowest BCUT2D eigenvalue weighted by atomic mass is 10.0. The van der Waals surface area contributed by atoms with E-state index in [4.69, 9.17) is 11.6 Å². The summed E-state index contributed by atoms with van der Waals surface area (Å²) < 4.78 is 0. The van der Waals surface area contributed by atoms with Crippen LogP contribution >= 0.6 is 11.6 Å². The van der Waals surface area contributed by atoms with Crippen LogP contribution in [0.2, 0.25) is 5.02 Å². The van der Waals surface area contributed by atoms with Crippen molar-refractivity contribution < 1.29 is 24.4 Å². The predicted octanol–water partition coefficient (Wildman–Crippen LogP) is 2.69. The minimum absolute atomic E-state index is 0.0313. The van der Waals surface area contributed by atoms with E-state index in [1.165, 1.54) is 18.2 Å². The van der Waals surface area contributed by atoms with E-state index in [1.807, 2.05) is 0 Å². The first kappa shape index (κ1) is 25.0. The molecule has 0 aromatic heterocycles. The zero-order chi connectivity index (χ0) is 25.0. The average molecular weight is 489 g/mol. The number of nitro groups is 1. The van der Waals surface area contributed by atoms with Crippen LogP contribution < -0.4 is 5.32 Å². The van der Waals surface area contributed by atoms with Crippen LogP contribution in [0.25, 0.3) is 0 Å². The third-order valence-electron chi connectivity index (χ3n) is 5.64. The Hall–Kier alpha value is -3.66. The fraction of sp³-hybridized carbons (Fsp3) is 0.348. The molecule has 1 saturated heterocycles. The Morgan fingerprint density at radius 1 is 1.03 bits per heavy atom. The van der Waals surface area contributed by atoms with Crippen molar-refractivity contribution in [2.75, 3.05) is 26.2 Å². The van der Waals surface area contributed by atoms with E-state index in [2.05, 4.69) is 5.32 Å². The normalized spacial score (nSPS) is 14.6. The molecule has 2 aromatic carbocycles. The van der Waals surface area contributed by atoms with Gasteiger partial charge in [0.05, 0.1) is 21.1 Å². The second-order valence-corrected chi connectivity index (χ2v) is 8.66. The van der Waals surface area contributed by atoms with Crippen molar-refractivity contribution >= 4 is 35.0 Å². The van der Waals surface area contributed by atoms with Crippen molar-refractivity contribution in [2.24, 2.45) is 5.92 Å². The van der Waals surface area contributed by atoms with Crippen LogP contribution in [0.5, 0.6) is 5.75 Å². The number of amides is 3. The summed E-state index contributed by atoms with van der Waals surface area (Å²) >= 11 is 6.05. The average Bonchev–Trinajstić information content (AvgIpc) is 2.81. The molecule has 0 radical (unpaired) electrons. The number of nitro benzene ring substituents is 1. The molecule has 11 heteroatoms. The minimum atomic E-state index is -0.848. The van der Waals surface area contributed by atoms with E-state index < -0.39 is 16.9 Å². The summed E-state index contributed by atoms with van der Waals surface area (Å²) in [7, 11) is 0. The van der Waals surface area contributed by atoms with Crippen LogP contribution in [0, 0.1) is 16.0 Å². The maximum Gasteiger partial charge on any atom is 0.270 e. The summed E-state index contributed by atoms with van der Waals surface area (Å²) in [6.45, 7) is 4.69. The van der Waals surface area contributed by atoms with E-state index >= 15 is 0 Å². The molecule has 1 aliphatic rings. The van der Waals surface area contributed by atoms with Gasteiger partial charge in [-0.15, -0.1) is 0 Å². The van der Waals surface area contributed by atoms with Gasteiger partial charge in [0, 0.05) is 38.3 Å². The number of hydrogen-bond acceptors (Lipinski definition) is 6. The second-order valence-electron chi connectivity index (χ2n) is 8.25. The fourth-order valence-corrected chi connectivity index (χ4v) is 3.95. The lowest BCUT2D eigenvalue weighted by Crippen LogP contribution is -2.57. The van der Waals surface area contributed by atoms with Crippen LogP contribution in [0.3, 0.4) is 0 Å². The van der Waals surface area contributed by atoms with Gasteiger partial charge in [0.2, 0.25) is 5.91 Å². The summed E-state index contributed by atoms with van der Waals surface area (Å²) in [6.07, 6.45) is 0. The van der Waals surface area contributed by atoms with Crippen LogP contribution in [0.1, 0.15) is 34.6 Å². The maximum absolute atomic E-state index is 13.2. The van der Waals surface area contributed by atoms with Gasteiger partial charge in [-0.1, -0.05) is 37.6 Å². The highest BCUT2D eigenvalue weighted by atomic mass is 35.5. The molecular formula is C23H25ClN4O6. The van der Waals surface area contributed by atoms with E-state index in [1.54, 1.807) is 41.8 Å². The molecule has 1 fully saturated rings. The van der Waals surface area contributed by atoms with Crippen molar-refractivity contribution in [1.29, 1.82) is 0 Å². The Morgan fingerprint density at radius 3 is 2.21 bits per heavy atom. The smallest absolute Gasteiger partial charge is 0.270 e. The van der Waals surface area contributed by atoms with Gasteiger partial charge in [0.15, 0.2) is 0 Å². The second kappa shape index (κ2) is 10.5. The monoisotopic (exact) mass is 488 g/mol. The summed E-state index contributed by atoms with van der Waals surface area (Å²) in [4.78, 5) is 52.1. The third kappa shape index (κ3) is 5.45. The minimum Gasteiger partial charge on any atom is -0.507 e. The molecule has 0 saturated carbocycles. The summed E-state index contributed by atoms with van der Waals surface area (Å²) in [5.74, 6) is -1.56. The van der Waals surface area contributed by atoms with E-state index in [0.717, 1.165) is 6.07 Å². The summed E-state index contributed by atoms with van der Waals surface area (Å²) in [5.41, 5.74) is -0.00681. The number of hydrogen-bond donors (Lipinski definition) is 2. The van der Waals surface area contributed by atoms with Gasteiger partial charge in [-0.2, -0.15) is 0 Å². The first-order chi connectivity index (χ1) is 16.1. The van der Waals surface area contributed by atoms with Crippen molar-refractivity contribution in [3.8, 4) is 5.75 Å². The number of rotatable bonds is 6. The number of nitrogens with zero attached hydrogens (tertiary/aromatic N) is 3. The van der Waals surface area contributed by atoms with Gasteiger partial charge in [-0.3, -0.25) is 24.5 Å². The molecule has 10 nitrogen and oxygen atoms in total. The summed E-state index contributed by atoms with van der Waals surface area (Å²) in [6, 6.07) is 8.95. The zero-order valence-electron chi connectivity index (χ0n) is 18.7. The molecule has 180 valence electrons. The SMILES string of the molecule is CC(C)C(NC(=O)c1ccc([N+](=O)[O-])cc1Cl)C(=O)N1CCN(C(=O)c2ccccc2O)CC1. The number of phenols is 1. The molecule has 2 aromatic rings. The quantitative estimate of drug-likeness (QED) is 0.474. The van der Waals surface area contributed by atoms with Crippen molar-refractivity contribution in [3.05, 3.63) is 68.7 Å². The molecule has 0 aliphatic carbocycles. The largest absolute Gasteiger partial charge is 0.507 e. The Bertz CT molecular complexity index is 1110. The number of phenolic OH excluding ortho intramolecular Hbond substituents is 1. The molecule has 0 bridgehead atoms. The molecule has 3 rings (SSSR count). The summed E-state index contributed by atoms with van der Waals surface area (Å²) in [5, 5.41) is 23.4. The number of non-ortho nitro benzene ring substituents is 1. The van der Waals surface area contributed by atoms with Crippen LogP contribution in [0.15, 0.2) is 42.5 Å². The number of benzene rings is 2. The maximum atomic E-state index is 13.2. The Morgan fingerprint density at radius 2 is 1.65 bits per heavy atom. The molecule has 34 heavy (non-hydrogen) atoms. The van der Waals surface area contributed by atoms with Gasteiger partial charge in [0.1, 0.15) is 11.8 Å². The van der Waals surface area contributed by atoms with Gasteiger partial charge < -0.3 is 20.2 Å². The number of halogens is 1. The predicted molar refractivity (Wildman–Crippen MR) is 125 cm³/mol. The van der Waals surface area contributed by atoms with E-state index in [9.17, 15) is 29.6 Å². The number of piperazine rings is 1. The Balaban J connectivity index is 1.65. The van der Waals surface area contributed by atoms with Crippen LogP contribution in [0.4, 0.5) is 5.69 Å². The first-order valence-corrected chi connectivity index (χ1v) is 11.1. The van der Waals surface area contributed by atoms with Crippen LogP contribution in [-0.4, -0.2) is 69.8 Å². The lowest BCUT2D eigenvalue weighted by Gasteiger charge is -2.37. The number of aromatic hydroxyl groups is 1. The van der Waals surface area contributed by atoms with Crippen molar-refractivity contribution in [2.45, 2.75) is 19.9 Å². The highest BCUT2D eigenvalue weighted by Crippen LogP contribution is 2.23. The van der Waals surface area contributed by atoms with Crippen molar-refractivity contribution in [3.63, 3.8) is 0 Å². The molecule has 0 spiro atoms. The third-order valence-corrected chi connectivity index (χ3v) is 5.95. The van der Waals surface area contributed by atoms with Crippen molar-refractivity contribution in [1.82, 2.24) is 15.1 Å². The topological polar surface area (TPSA) is 133 Å². The highest BCUT2D eigenvalue weighted by molar-refractivity contribution is 6.34. The van der Waals surface area contributed by atoms with Gasteiger partial charge in [-0.25, -0.2) is 0 Å². The Kier molecular flexibility index (Phi) is 7.72. The van der Waals surface area contributed by atoms with E-state index in [0.29, 0.717) is 0 Å². The Labute approximate surface area is 201 Å². The first-order valence-electron chi connectivity index (χ1n) is 10.7. The van der Waals surface area contributed by atoms with E-state index in [-0.39, 0.29) is 71.5 Å². The lowest BCUT2D eigenvalue weighted by molar-refractivity contribution is -0.384. The highest BCUT2D eigenvalue weighted by Gasteiger charge is 2.33. The number of para-hydroxylation sites is 1.